The highest BCUT2D eigenvalue weighted by atomic mass is 14.8. The Morgan fingerprint density at radius 2 is 1.44 bits per heavy atom. The Balaban J connectivity index is 2.04. The van der Waals surface area contributed by atoms with Crippen molar-refractivity contribution in [2.45, 2.75) is 19.4 Å². The number of benzene rings is 2. The lowest BCUT2D eigenvalue weighted by Gasteiger charge is -2.09. The second-order valence-electron chi connectivity index (χ2n) is 4.43. The average molecular weight is 234 g/mol. The van der Waals surface area contributed by atoms with Crippen LogP contribution in [0.5, 0.6) is 0 Å². The van der Waals surface area contributed by atoms with Crippen LogP contribution < -0.4 is 0 Å². The van der Waals surface area contributed by atoms with Gasteiger partial charge in [0, 0.05) is 0 Å². The molecule has 1 aliphatic heterocycles. The normalized spacial score (nSPS) is 13.8. The number of nitrogens with zero attached hydrogens (tertiary/aromatic N) is 2. The van der Waals surface area contributed by atoms with Crippen LogP contribution in [0.25, 0.3) is 0 Å². The van der Waals surface area contributed by atoms with Crippen molar-refractivity contribution in [3.63, 3.8) is 0 Å². The Hall–Kier alpha value is -2.18. The zero-order chi connectivity index (χ0) is 12.2. The van der Waals surface area contributed by atoms with Gasteiger partial charge in [-0.05, 0) is 35.6 Å². The lowest BCUT2D eigenvalue weighted by atomic mass is 9.99. The van der Waals surface area contributed by atoms with Gasteiger partial charge in [0.1, 0.15) is 0 Å². The molecule has 0 saturated heterocycles. The minimum atomic E-state index is 0.668. The van der Waals surface area contributed by atoms with Crippen LogP contribution >= 0.6 is 0 Å². The molecule has 0 aromatic heterocycles. The monoisotopic (exact) mass is 234 g/mol. The number of para-hydroxylation sites is 1. The van der Waals surface area contributed by atoms with Gasteiger partial charge in [0.2, 0.25) is 0 Å². The average Bonchev–Trinajstić information content (AvgIpc) is 2.44. The second kappa shape index (κ2) is 4.99. The minimum Gasteiger partial charge on any atom is -0.221 e. The van der Waals surface area contributed by atoms with Crippen molar-refractivity contribution in [1.29, 1.82) is 0 Å². The Labute approximate surface area is 107 Å². The van der Waals surface area contributed by atoms with E-state index in [1.165, 1.54) is 16.7 Å². The highest BCUT2D eigenvalue weighted by molar-refractivity contribution is 5.56. The van der Waals surface area contributed by atoms with E-state index < -0.39 is 0 Å². The van der Waals surface area contributed by atoms with Crippen LogP contribution in [0.1, 0.15) is 16.7 Å². The van der Waals surface area contributed by atoms with Crippen LogP contribution in [0.15, 0.2) is 58.5 Å². The molecule has 0 bridgehead atoms. The SMILES string of the molecule is C1=NCc2ccccc2CCc2ccccc2N=1. The van der Waals surface area contributed by atoms with E-state index in [0.717, 1.165) is 18.5 Å². The third-order valence-electron chi connectivity index (χ3n) is 3.26. The maximum atomic E-state index is 4.30. The van der Waals surface area contributed by atoms with Crippen LogP contribution in [0, 0.1) is 0 Å². The third kappa shape index (κ3) is 2.24. The Morgan fingerprint density at radius 1 is 0.778 bits per heavy atom. The molecule has 0 fully saturated rings. The molecule has 1 aliphatic rings. The molecule has 0 spiro atoms. The summed E-state index contributed by atoms with van der Waals surface area (Å²) < 4.78 is 0. The van der Waals surface area contributed by atoms with Gasteiger partial charge in [-0.2, -0.15) is 4.99 Å². The molecule has 0 amide bonds. The van der Waals surface area contributed by atoms with Gasteiger partial charge in [0.05, 0.1) is 18.2 Å². The molecule has 0 saturated carbocycles. The van der Waals surface area contributed by atoms with Crippen LogP contribution in [0.4, 0.5) is 5.69 Å². The van der Waals surface area contributed by atoms with Crippen molar-refractivity contribution in [3.8, 4) is 0 Å². The van der Waals surface area contributed by atoms with Crippen molar-refractivity contribution in [2.75, 3.05) is 0 Å². The number of aryl methyl sites for hydroxylation is 2. The summed E-state index contributed by atoms with van der Waals surface area (Å²) in [5, 5.41) is 0. The van der Waals surface area contributed by atoms with Gasteiger partial charge in [-0.3, -0.25) is 0 Å². The van der Waals surface area contributed by atoms with Crippen LogP contribution in [0.3, 0.4) is 0 Å². The molecular weight excluding hydrogens is 220 g/mol. The number of rotatable bonds is 0. The molecule has 18 heavy (non-hydrogen) atoms. The molecule has 0 N–H and O–H groups in total. The summed E-state index contributed by atoms with van der Waals surface area (Å²) in [6.07, 6.45) is 2.05. The molecule has 0 unspecified atom stereocenters. The molecule has 3 rings (SSSR count). The fourth-order valence-corrected chi connectivity index (χ4v) is 2.27. The molecule has 2 heteroatoms. The topological polar surface area (TPSA) is 24.7 Å². The fraction of sp³-hybridized carbons (Fsp3) is 0.188. The molecule has 0 atom stereocenters. The Bertz CT molecular complexity index is 622. The smallest absolute Gasteiger partial charge is 0.0952 e. The molecule has 2 aromatic rings. The molecule has 1 heterocycles. The summed E-state index contributed by atoms with van der Waals surface area (Å²) >= 11 is 0. The quantitative estimate of drug-likeness (QED) is 0.662. The Kier molecular flexibility index (Phi) is 3.03. The Morgan fingerprint density at radius 3 is 2.33 bits per heavy atom. The summed E-state index contributed by atoms with van der Waals surface area (Å²) in [6, 6.07) is 19.5. The van der Waals surface area contributed by atoms with Gasteiger partial charge in [0.15, 0.2) is 0 Å². The molecular formula is C16H14N2. The molecule has 2 aromatic carbocycles. The van der Waals surface area contributed by atoms with Gasteiger partial charge in [-0.15, -0.1) is 0 Å². The van der Waals surface area contributed by atoms with Crippen molar-refractivity contribution in [2.24, 2.45) is 9.98 Å². The van der Waals surface area contributed by atoms with Crippen molar-refractivity contribution < 1.29 is 0 Å². The van der Waals surface area contributed by atoms with Gasteiger partial charge < -0.3 is 0 Å². The van der Waals surface area contributed by atoms with Crippen LogP contribution in [0.2, 0.25) is 0 Å². The maximum absolute atomic E-state index is 4.30. The van der Waals surface area contributed by atoms with Crippen LogP contribution in [-0.4, -0.2) is 6.01 Å². The number of hydrogen-bond acceptors (Lipinski definition) is 2. The summed E-state index contributed by atoms with van der Waals surface area (Å²) in [6.45, 7) is 0.668. The molecule has 0 radical (unpaired) electrons. The first-order valence-corrected chi connectivity index (χ1v) is 6.20. The van der Waals surface area contributed by atoms with E-state index in [0.29, 0.717) is 6.54 Å². The third-order valence-corrected chi connectivity index (χ3v) is 3.26. The first kappa shape index (κ1) is 10.9. The molecule has 2 nitrogen and oxygen atoms in total. The highest BCUT2D eigenvalue weighted by Crippen LogP contribution is 2.22. The lowest BCUT2D eigenvalue weighted by molar-refractivity contribution is 0.919. The largest absolute Gasteiger partial charge is 0.221 e. The van der Waals surface area contributed by atoms with Crippen molar-refractivity contribution in [3.05, 3.63) is 65.2 Å². The standard InChI is InChI=1S/C16H14N2/c1-2-7-15-11-17-12-18-16-8-4-3-6-14(16)10-9-13(15)5-1/h1-8H,9-11H2. The lowest BCUT2D eigenvalue weighted by Crippen LogP contribution is -1.97. The highest BCUT2D eigenvalue weighted by Gasteiger charge is 2.05. The van der Waals surface area contributed by atoms with Gasteiger partial charge >= 0.3 is 0 Å². The minimum absolute atomic E-state index is 0.668. The summed E-state index contributed by atoms with van der Waals surface area (Å²) in [7, 11) is 0. The number of hydrogen-bond donors (Lipinski definition) is 0. The van der Waals surface area contributed by atoms with E-state index in [-0.39, 0.29) is 0 Å². The van der Waals surface area contributed by atoms with E-state index in [9.17, 15) is 0 Å². The van der Waals surface area contributed by atoms with E-state index >= 15 is 0 Å². The van der Waals surface area contributed by atoms with Gasteiger partial charge in [-0.1, -0.05) is 42.5 Å². The predicted molar refractivity (Wildman–Crippen MR) is 73.5 cm³/mol. The zero-order valence-corrected chi connectivity index (χ0v) is 10.1. The zero-order valence-electron chi connectivity index (χ0n) is 10.1. The summed E-state index contributed by atoms with van der Waals surface area (Å²) in [5.41, 5.74) is 4.90. The van der Waals surface area contributed by atoms with Crippen molar-refractivity contribution in [1.82, 2.24) is 0 Å². The fourth-order valence-electron chi connectivity index (χ4n) is 2.27. The first-order valence-electron chi connectivity index (χ1n) is 6.20. The van der Waals surface area contributed by atoms with Gasteiger partial charge in [0.25, 0.3) is 0 Å². The predicted octanol–water partition coefficient (Wildman–Crippen LogP) is 3.79. The number of fused-ring (bicyclic) bond motifs is 2. The van der Waals surface area contributed by atoms with E-state index in [2.05, 4.69) is 52.4 Å². The van der Waals surface area contributed by atoms with Gasteiger partial charge in [-0.25, -0.2) is 4.99 Å². The first-order chi connectivity index (χ1) is 8.93. The summed E-state index contributed by atoms with van der Waals surface area (Å²) in [5.74, 6) is 0. The van der Waals surface area contributed by atoms with E-state index in [1.807, 2.05) is 12.1 Å². The van der Waals surface area contributed by atoms with E-state index in [4.69, 9.17) is 0 Å². The van der Waals surface area contributed by atoms with E-state index in [1.54, 1.807) is 0 Å². The number of aliphatic imine (C=N–C) groups is 2. The maximum Gasteiger partial charge on any atom is 0.0952 e. The summed E-state index contributed by atoms with van der Waals surface area (Å²) in [4.78, 5) is 8.56. The molecule has 0 aliphatic carbocycles. The van der Waals surface area contributed by atoms with Crippen LogP contribution in [-0.2, 0) is 19.4 Å². The second-order valence-corrected chi connectivity index (χ2v) is 4.43. The molecule has 88 valence electrons. The van der Waals surface area contributed by atoms with Crippen molar-refractivity contribution >= 4 is 11.7 Å².